The molecule has 2 aliphatic heterocycles. The maximum Gasteiger partial charge on any atom is 0.218 e. The van der Waals surface area contributed by atoms with E-state index in [0.717, 1.165) is 25.2 Å². The smallest absolute Gasteiger partial charge is 0.218 e. The van der Waals surface area contributed by atoms with Gasteiger partial charge in [-0.2, -0.15) is 4.31 Å². The molecular formula is C14H22N4O2S. The number of nitrogens with one attached hydrogen (secondary N) is 1. The van der Waals surface area contributed by atoms with Gasteiger partial charge in [0.15, 0.2) is 0 Å². The van der Waals surface area contributed by atoms with Gasteiger partial charge >= 0.3 is 0 Å². The lowest BCUT2D eigenvalue weighted by Crippen LogP contribution is -2.53. The number of pyridine rings is 1. The van der Waals surface area contributed by atoms with Gasteiger partial charge in [0.1, 0.15) is 5.82 Å². The fourth-order valence-corrected chi connectivity index (χ4v) is 4.88. The van der Waals surface area contributed by atoms with Crippen LogP contribution < -0.4 is 10.2 Å². The number of aromatic nitrogens is 1. The minimum absolute atomic E-state index is 0.257. The van der Waals surface area contributed by atoms with Crippen molar-refractivity contribution in [1.82, 2.24) is 14.6 Å². The molecule has 116 valence electrons. The van der Waals surface area contributed by atoms with E-state index in [4.69, 9.17) is 0 Å². The van der Waals surface area contributed by atoms with E-state index in [1.165, 1.54) is 0 Å². The van der Waals surface area contributed by atoms with Gasteiger partial charge in [0.25, 0.3) is 0 Å². The van der Waals surface area contributed by atoms with Crippen LogP contribution in [0.3, 0.4) is 0 Å². The molecule has 3 rings (SSSR count). The minimum Gasteiger partial charge on any atom is -0.354 e. The molecule has 6 nitrogen and oxygen atoms in total. The van der Waals surface area contributed by atoms with Crippen LogP contribution in [0.5, 0.6) is 0 Å². The second kappa shape index (κ2) is 6.29. The zero-order chi connectivity index (χ0) is 14.7. The SMILES string of the molecule is O=S(=O)(C1CCCNC1)N1CCN(c2ccccn2)CC1. The highest BCUT2D eigenvalue weighted by Gasteiger charge is 2.34. The van der Waals surface area contributed by atoms with Gasteiger partial charge in [-0.05, 0) is 31.5 Å². The molecule has 0 amide bonds. The number of hydrogen-bond donors (Lipinski definition) is 1. The number of piperidine rings is 1. The number of rotatable bonds is 3. The summed E-state index contributed by atoms with van der Waals surface area (Å²) in [6, 6.07) is 5.81. The van der Waals surface area contributed by atoms with Crippen LogP contribution in [0.2, 0.25) is 0 Å². The molecule has 2 fully saturated rings. The summed E-state index contributed by atoms with van der Waals surface area (Å²) in [5, 5.41) is 2.93. The molecule has 1 aromatic rings. The van der Waals surface area contributed by atoms with E-state index in [2.05, 4.69) is 15.2 Å². The normalized spacial score (nSPS) is 25.0. The Kier molecular flexibility index (Phi) is 4.42. The molecule has 1 N–H and O–H groups in total. The van der Waals surface area contributed by atoms with Crippen molar-refractivity contribution in [3.8, 4) is 0 Å². The Morgan fingerprint density at radius 3 is 2.62 bits per heavy atom. The Balaban J connectivity index is 1.62. The monoisotopic (exact) mass is 310 g/mol. The molecule has 1 atom stereocenters. The van der Waals surface area contributed by atoms with Gasteiger partial charge in [-0.1, -0.05) is 6.07 Å². The number of hydrogen-bond acceptors (Lipinski definition) is 5. The third-order valence-electron chi connectivity index (χ3n) is 4.24. The number of piperazine rings is 1. The predicted molar refractivity (Wildman–Crippen MR) is 82.8 cm³/mol. The van der Waals surface area contributed by atoms with Gasteiger partial charge in [-0.25, -0.2) is 13.4 Å². The maximum absolute atomic E-state index is 12.6. The minimum atomic E-state index is -3.17. The Morgan fingerprint density at radius 1 is 1.19 bits per heavy atom. The number of anilines is 1. The summed E-state index contributed by atoms with van der Waals surface area (Å²) in [5.41, 5.74) is 0. The molecule has 1 aromatic heterocycles. The fraction of sp³-hybridized carbons (Fsp3) is 0.643. The lowest BCUT2D eigenvalue weighted by molar-refractivity contribution is 0.369. The summed E-state index contributed by atoms with van der Waals surface area (Å²) in [6.45, 7) is 4.03. The van der Waals surface area contributed by atoms with Crippen molar-refractivity contribution in [2.24, 2.45) is 0 Å². The third kappa shape index (κ3) is 3.20. The molecule has 0 radical (unpaired) electrons. The molecule has 0 aromatic carbocycles. The number of nitrogens with zero attached hydrogens (tertiary/aromatic N) is 3. The topological polar surface area (TPSA) is 65.5 Å². The van der Waals surface area contributed by atoms with E-state index < -0.39 is 10.0 Å². The average Bonchev–Trinajstić information content (AvgIpc) is 2.57. The van der Waals surface area contributed by atoms with E-state index in [1.807, 2.05) is 18.2 Å². The first kappa shape index (κ1) is 14.7. The largest absolute Gasteiger partial charge is 0.354 e. The molecule has 7 heteroatoms. The van der Waals surface area contributed by atoms with E-state index in [1.54, 1.807) is 10.5 Å². The highest BCUT2D eigenvalue weighted by molar-refractivity contribution is 7.89. The molecule has 2 saturated heterocycles. The van der Waals surface area contributed by atoms with Gasteiger partial charge in [-0.15, -0.1) is 0 Å². The molecular weight excluding hydrogens is 288 g/mol. The second-order valence-electron chi connectivity index (χ2n) is 5.59. The first-order valence-corrected chi connectivity index (χ1v) is 9.04. The van der Waals surface area contributed by atoms with Crippen LogP contribution in [-0.4, -0.2) is 62.2 Å². The molecule has 0 spiro atoms. The summed E-state index contributed by atoms with van der Waals surface area (Å²) in [4.78, 5) is 6.47. The van der Waals surface area contributed by atoms with Crippen LogP contribution in [0.4, 0.5) is 5.82 Å². The third-order valence-corrected chi connectivity index (χ3v) is 6.57. The Bertz CT molecular complexity index is 550. The van der Waals surface area contributed by atoms with Crippen LogP contribution >= 0.6 is 0 Å². The van der Waals surface area contributed by atoms with Crippen LogP contribution in [0.1, 0.15) is 12.8 Å². The summed E-state index contributed by atoms with van der Waals surface area (Å²) in [6.07, 6.45) is 3.49. The molecule has 1 unspecified atom stereocenters. The van der Waals surface area contributed by atoms with Crippen LogP contribution in [0, 0.1) is 0 Å². The summed E-state index contributed by atoms with van der Waals surface area (Å²) >= 11 is 0. The van der Waals surface area contributed by atoms with Crippen molar-refractivity contribution in [3.63, 3.8) is 0 Å². The molecule has 2 aliphatic rings. The molecule has 21 heavy (non-hydrogen) atoms. The second-order valence-corrected chi connectivity index (χ2v) is 7.80. The first-order chi connectivity index (χ1) is 10.2. The van der Waals surface area contributed by atoms with Crippen LogP contribution in [-0.2, 0) is 10.0 Å². The highest BCUT2D eigenvalue weighted by atomic mass is 32.2. The molecule has 0 aliphatic carbocycles. The molecule has 0 bridgehead atoms. The standard InChI is InChI=1S/C14H22N4O2S/c19-21(20,13-4-3-6-15-12-13)18-10-8-17(9-11-18)14-5-1-2-7-16-14/h1-2,5,7,13,15H,3-4,6,8-12H2. The van der Waals surface area contributed by atoms with Gasteiger partial charge in [0, 0.05) is 38.9 Å². The van der Waals surface area contributed by atoms with Crippen molar-refractivity contribution in [3.05, 3.63) is 24.4 Å². The van der Waals surface area contributed by atoms with Crippen molar-refractivity contribution in [1.29, 1.82) is 0 Å². The Labute approximate surface area is 126 Å². The van der Waals surface area contributed by atoms with E-state index in [9.17, 15) is 8.42 Å². The van der Waals surface area contributed by atoms with Gasteiger partial charge in [0.05, 0.1) is 5.25 Å². The number of sulfonamides is 1. The van der Waals surface area contributed by atoms with Gasteiger partial charge < -0.3 is 10.2 Å². The first-order valence-electron chi connectivity index (χ1n) is 7.53. The summed E-state index contributed by atoms with van der Waals surface area (Å²) in [5.74, 6) is 0.925. The van der Waals surface area contributed by atoms with Gasteiger partial charge in [0.2, 0.25) is 10.0 Å². The zero-order valence-corrected chi connectivity index (χ0v) is 12.9. The van der Waals surface area contributed by atoms with E-state index in [0.29, 0.717) is 32.7 Å². The van der Waals surface area contributed by atoms with Crippen LogP contribution in [0.25, 0.3) is 0 Å². The quantitative estimate of drug-likeness (QED) is 0.869. The van der Waals surface area contributed by atoms with Gasteiger partial charge in [-0.3, -0.25) is 0 Å². The average molecular weight is 310 g/mol. The maximum atomic E-state index is 12.6. The van der Waals surface area contributed by atoms with Crippen molar-refractivity contribution in [2.45, 2.75) is 18.1 Å². The Hall–Kier alpha value is -1.18. The highest BCUT2D eigenvalue weighted by Crippen LogP contribution is 2.20. The zero-order valence-electron chi connectivity index (χ0n) is 12.1. The summed E-state index contributed by atoms with van der Waals surface area (Å²) in [7, 11) is -3.17. The summed E-state index contributed by atoms with van der Waals surface area (Å²) < 4.78 is 26.9. The molecule has 0 saturated carbocycles. The predicted octanol–water partition coefficient (Wildman–Crippen LogP) is 0.285. The van der Waals surface area contributed by atoms with Crippen molar-refractivity contribution >= 4 is 15.8 Å². The van der Waals surface area contributed by atoms with E-state index >= 15 is 0 Å². The lowest BCUT2D eigenvalue weighted by Gasteiger charge is -2.37. The van der Waals surface area contributed by atoms with E-state index in [-0.39, 0.29) is 5.25 Å². The van der Waals surface area contributed by atoms with Crippen LogP contribution in [0.15, 0.2) is 24.4 Å². The van der Waals surface area contributed by atoms with Crippen molar-refractivity contribution in [2.75, 3.05) is 44.2 Å². The Morgan fingerprint density at radius 2 is 2.00 bits per heavy atom. The van der Waals surface area contributed by atoms with Crippen molar-refractivity contribution < 1.29 is 8.42 Å². The fourth-order valence-electron chi connectivity index (χ4n) is 3.00. The lowest BCUT2D eigenvalue weighted by atomic mass is 10.2. The molecule has 3 heterocycles.